The number of carbonyl (C=O) groups excluding carboxylic acids is 2. The number of ether oxygens (including phenoxy) is 2. The van der Waals surface area contributed by atoms with E-state index in [1.54, 1.807) is 18.2 Å². The van der Waals surface area contributed by atoms with Crippen LogP contribution in [0.25, 0.3) is 11.1 Å². The molecule has 2 N–H and O–H groups in total. The fraction of sp³-hybridized carbons (Fsp3) is 0.300. The lowest BCUT2D eigenvalue weighted by Gasteiger charge is -2.12. The van der Waals surface area contributed by atoms with E-state index in [1.807, 2.05) is 6.07 Å². The Morgan fingerprint density at radius 1 is 1.14 bits per heavy atom. The van der Waals surface area contributed by atoms with E-state index in [0.29, 0.717) is 17.7 Å². The zero-order valence-electron chi connectivity index (χ0n) is 15.5. The van der Waals surface area contributed by atoms with Crippen LogP contribution in [0, 0.1) is 0 Å². The fourth-order valence-electron chi connectivity index (χ4n) is 2.98. The van der Waals surface area contributed by atoms with E-state index < -0.39 is 6.36 Å². The molecule has 2 amide bonds. The molecule has 2 aromatic carbocycles. The van der Waals surface area contributed by atoms with Crippen LogP contribution in [0.4, 0.5) is 13.2 Å². The van der Waals surface area contributed by atoms with Crippen molar-refractivity contribution in [3.8, 4) is 22.6 Å². The maximum absolute atomic E-state index is 12.4. The molecule has 0 radical (unpaired) electrons. The van der Waals surface area contributed by atoms with Gasteiger partial charge in [0.15, 0.2) is 0 Å². The Balaban J connectivity index is 1.63. The number of rotatable bonds is 6. The maximum atomic E-state index is 12.4. The number of halogens is 3. The van der Waals surface area contributed by atoms with Crippen LogP contribution < -0.4 is 20.1 Å². The quantitative estimate of drug-likeness (QED) is 0.771. The highest BCUT2D eigenvalue weighted by atomic mass is 19.4. The highest BCUT2D eigenvalue weighted by molar-refractivity contribution is 5.83. The standard InChI is InChI=1S/C20H19F3N2O4/c1-12(26)24-11-19(27)25-10-17-9-15-7-14(5-6-18(15)28-17)13-3-2-4-16(8-13)29-20(21,22)23/h2-8,17H,9-11H2,1H3,(H,24,26)(H,25,27). The highest BCUT2D eigenvalue weighted by Gasteiger charge is 2.31. The van der Waals surface area contributed by atoms with Crippen molar-refractivity contribution < 1.29 is 32.2 Å². The second kappa shape index (κ2) is 8.42. The molecule has 29 heavy (non-hydrogen) atoms. The zero-order chi connectivity index (χ0) is 21.0. The zero-order valence-corrected chi connectivity index (χ0v) is 15.5. The largest absolute Gasteiger partial charge is 0.573 e. The SMILES string of the molecule is CC(=O)NCC(=O)NCC1Cc2cc(-c3cccc(OC(F)(F)F)c3)ccc2O1. The molecular formula is C20H19F3N2O4. The first-order chi connectivity index (χ1) is 13.7. The van der Waals surface area contributed by atoms with E-state index in [1.165, 1.54) is 25.1 Å². The monoisotopic (exact) mass is 408 g/mol. The topological polar surface area (TPSA) is 76.7 Å². The van der Waals surface area contributed by atoms with Crippen molar-refractivity contribution >= 4 is 11.8 Å². The van der Waals surface area contributed by atoms with Crippen molar-refractivity contribution in [2.45, 2.75) is 25.8 Å². The van der Waals surface area contributed by atoms with Crippen LogP contribution >= 0.6 is 0 Å². The maximum Gasteiger partial charge on any atom is 0.573 e. The van der Waals surface area contributed by atoms with Gasteiger partial charge in [-0.15, -0.1) is 13.2 Å². The first-order valence-corrected chi connectivity index (χ1v) is 8.86. The molecule has 3 rings (SSSR count). The lowest BCUT2D eigenvalue weighted by molar-refractivity contribution is -0.274. The van der Waals surface area contributed by atoms with Crippen LogP contribution in [0.1, 0.15) is 12.5 Å². The summed E-state index contributed by atoms with van der Waals surface area (Å²) in [4.78, 5) is 22.5. The number of carbonyl (C=O) groups is 2. The van der Waals surface area contributed by atoms with Crippen LogP contribution in [-0.2, 0) is 16.0 Å². The van der Waals surface area contributed by atoms with Crippen molar-refractivity contribution in [3.05, 3.63) is 48.0 Å². The summed E-state index contributed by atoms with van der Waals surface area (Å²) in [6, 6.07) is 11.1. The highest BCUT2D eigenvalue weighted by Crippen LogP contribution is 2.34. The molecule has 1 atom stereocenters. The molecule has 2 aromatic rings. The minimum Gasteiger partial charge on any atom is -0.488 e. The number of benzene rings is 2. The van der Waals surface area contributed by atoms with E-state index >= 15 is 0 Å². The average Bonchev–Trinajstić information content (AvgIpc) is 3.05. The van der Waals surface area contributed by atoms with E-state index in [-0.39, 0.29) is 36.8 Å². The molecule has 1 unspecified atom stereocenters. The fourth-order valence-corrected chi connectivity index (χ4v) is 2.98. The molecule has 0 saturated heterocycles. The third-order valence-electron chi connectivity index (χ3n) is 4.23. The van der Waals surface area contributed by atoms with Gasteiger partial charge >= 0.3 is 6.36 Å². The van der Waals surface area contributed by atoms with Crippen LogP contribution in [0.2, 0.25) is 0 Å². The molecule has 1 aliphatic rings. The molecule has 154 valence electrons. The van der Waals surface area contributed by atoms with Crippen LogP contribution in [0.3, 0.4) is 0 Å². The van der Waals surface area contributed by atoms with Gasteiger partial charge in [-0.3, -0.25) is 9.59 Å². The molecule has 6 nitrogen and oxygen atoms in total. The van der Waals surface area contributed by atoms with Gasteiger partial charge in [-0.2, -0.15) is 0 Å². The van der Waals surface area contributed by atoms with Gasteiger partial charge in [-0.1, -0.05) is 18.2 Å². The Hall–Kier alpha value is -3.23. The minimum absolute atomic E-state index is 0.102. The molecule has 0 aromatic heterocycles. The molecule has 1 aliphatic heterocycles. The minimum atomic E-state index is -4.75. The van der Waals surface area contributed by atoms with Crippen LogP contribution in [0.15, 0.2) is 42.5 Å². The van der Waals surface area contributed by atoms with Gasteiger partial charge in [-0.05, 0) is 41.0 Å². The lowest BCUT2D eigenvalue weighted by Crippen LogP contribution is -2.40. The predicted octanol–water partition coefficient (Wildman–Crippen LogP) is 2.81. The van der Waals surface area contributed by atoms with Crippen molar-refractivity contribution in [3.63, 3.8) is 0 Å². The first-order valence-electron chi connectivity index (χ1n) is 8.86. The van der Waals surface area contributed by atoms with Crippen molar-refractivity contribution in [2.75, 3.05) is 13.1 Å². The van der Waals surface area contributed by atoms with Crippen molar-refractivity contribution in [1.82, 2.24) is 10.6 Å². The summed E-state index contributed by atoms with van der Waals surface area (Å²) in [6.07, 6.45) is -4.47. The third kappa shape index (κ3) is 5.87. The normalized spacial score (nSPS) is 15.2. The molecule has 0 bridgehead atoms. The van der Waals surface area contributed by atoms with E-state index in [4.69, 9.17) is 4.74 Å². The molecule has 9 heteroatoms. The van der Waals surface area contributed by atoms with Crippen molar-refractivity contribution in [1.29, 1.82) is 0 Å². The molecule has 0 aliphatic carbocycles. The van der Waals surface area contributed by atoms with E-state index in [2.05, 4.69) is 15.4 Å². The van der Waals surface area contributed by atoms with Gasteiger partial charge in [0.2, 0.25) is 11.8 Å². The number of amides is 2. The Morgan fingerprint density at radius 2 is 1.90 bits per heavy atom. The number of nitrogens with one attached hydrogen (secondary N) is 2. The smallest absolute Gasteiger partial charge is 0.488 e. The Morgan fingerprint density at radius 3 is 2.62 bits per heavy atom. The second-order valence-corrected chi connectivity index (χ2v) is 6.56. The van der Waals surface area contributed by atoms with Gasteiger partial charge in [0.1, 0.15) is 17.6 Å². The molecular weight excluding hydrogens is 389 g/mol. The van der Waals surface area contributed by atoms with E-state index in [9.17, 15) is 22.8 Å². The number of alkyl halides is 3. The molecule has 0 spiro atoms. The van der Waals surface area contributed by atoms with Gasteiger partial charge in [-0.25, -0.2) is 0 Å². The molecule has 0 fully saturated rings. The summed E-state index contributed by atoms with van der Waals surface area (Å²) in [5.41, 5.74) is 2.21. The molecule has 0 saturated carbocycles. The number of fused-ring (bicyclic) bond motifs is 1. The van der Waals surface area contributed by atoms with Gasteiger partial charge in [0.05, 0.1) is 13.1 Å². The first kappa shape index (κ1) is 20.5. The predicted molar refractivity (Wildman–Crippen MR) is 98.4 cm³/mol. The Kier molecular flexibility index (Phi) is 5.95. The van der Waals surface area contributed by atoms with Crippen LogP contribution in [-0.4, -0.2) is 37.4 Å². The third-order valence-corrected chi connectivity index (χ3v) is 4.23. The summed E-state index contributed by atoms with van der Waals surface area (Å²) in [6.45, 7) is 1.50. The summed E-state index contributed by atoms with van der Waals surface area (Å²) in [5, 5.41) is 5.10. The molecule has 1 heterocycles. The average molecular weight is 408 g/mol. The van der Waals surface area contributed by atoms with Gasteiger partial charge in [0.25, 0.3) is 0 Å². The second-order valence-electron chi connectivity index (χ2n) is 6.56. The van der Waals surface area contributed by atoms with Crippen LogP contribution in [0.5, 0.6) is 11.5 Å². The summed E-state index contributed by atoms with van der Waals surface area (Å²) >= 11 is 0. The summed E-state index contributed by atoms with van der Waals surface area (Å²) in [5.74, 6) is -0.229. The number of hydrogen-bond donors (Lipinski definition) is 2. The van der Waals surface area contributed by atoms with Gasteiger partial charge in [0, 0.05) is 13.3 Å². The Bertz CT molecular complexity index is 915. The van der Waals surface area contributed by atoms with E-state index in [0.717, 1.165) is 11.1 Å². The summed E-state index contributed by atoms with van der Waals surface area (Å²) < 4.78 is 47.0. The van der Waals surface area contributed by atoms with Crippen molar-refractivity contribution in [2.24, 2.45) is 0 Å². The van der Waals surface area contributed by atoms with Gasteiger partial charge < -0.3 is 20.1 Å². The summed E-state index contributed by atoms with van der Waals surface area (Å²) in [7, 11) is 0. The number of hydrogen-bond acceptors (Lipinski definition) is 4. The lowest BCUT2D eigenvalue weighted by atomic mass is 10.0. The Labute approximate surface area is 165 Å².